The summed E-state index contributed by atoms with van der Waals surface area (Å²) in [7, 11) is -3.51. The highest BCUT2D eigenvalue weighted by molar-refractivity contribution is 7.91. The molecule has 0 spiro atoms. The van der Waals surface area contributed by atoms with E-state index in [0.717, 1.165) is 0 Å². The Morgan fingerprint density at radius 1 is 1.25 bits per heavy atom. The van der Waals surface area contributed by atoms with Gasteiger partial charge in [0.15, 0.2) is 21.4 Å². The summed E-state index contributed by atoms with van der Waals surface area (Å²) in [5.41, 5.74) is 0.603. The van der Waals surface area contributed by atoms with Gasteiger partial charge in [-0.1, -0.05) is 13.8 Å². The fourth-order valence-electron chi connectivity index (χ4n) is 2.88. The van der Waals surface area contributed by atoms with Crippen molar-refractivity contribution in [2.24, 2.45) is 5.41 Å². The Labute approximate surface area is 119 Å². The van der Waals surface area contributed by atoms with Crippen LogP contribution in [0.4, 0.5) is 0 Å². The molecule has 2 rings (SSSR count). The molecule has 1 aliphatic heterocycles. The number of hydrogen-bond donors (Lipinski definition) is 0. The maximum absolute atomic E-state index is 12.6. The van der Waals surface area contributed by atoms with Gasteiger partial charge in [-0.3, -0.25) is 9.59 Å². The highest BCUT2D eigenvalue weighted by atomic mass is 32.2. The van der Waals surface area contributed by atoms with E-state index in [4.69, 9.17) is 0 Å². The molecule has 20 heavy (non-hydrogen) atoms. The van der Waals surface area contributed by atoms with Crippen molar-refractivity contribution >= 4 is 21.4 Å². The van der Waals surface area contributed by atoms with Crippen LogP contribution in [0.1, 0.15) is 52.6 Å². The zero-order chi connectivity index (χ0) is 15.5. The SMILES string of the molecule is CC(=O)c1cc(C)c2c(c1C)C(=O)C(C)(C)CS2(=O)=O. The Balaban J connectivity index is 2.98. The Hall–Kier alpha value is -1.49. The van der Waals surface area contributed by atoms with Gasteiger partial charge in [0.25, 0.3) is 0 Å². The second-order valence-corrected chi connectivity index (χ2v) is 8.02. The van der Waals surface area contributed by atoms with Gasteiger partial charge in [-0.15, -0.1) is 0 Å². The summed E-state index contributed by atoms with van der Waals surface area (Å²) in [6.45, 7) is 7.95. The maximum atomic E-state index is 12.6. The average Bonchev–Trinajstić information content (AvgIpc) is 2.26. The van der Waals surface area contributed by atoms with Crippen LogP contribution in [0.3, 0.4) is 0 Å². The topological polar surface area (TPSA) is 68.3 Å². The number of Topliss-reactive ketones (excluding diaryl/α,β-unsaturated/α-hetero) is 2. The number of sulfone groups is 1. The smallest absolute Gasteiger partial charge is 0.180 e. The van der Waals surface area contributed by atoms with E-state index in [1.54, 1.807) is 33.8 Å². The van der Waals surface area contributed by atoms with E-state index in [0.29, 0.717) is 16.7 Å². The zero-order valence-electron chi connectivity index (χ0n) is 12.3. The molecule has 4 nitrogen and oxygen atoms in total. The third-order valence-electron chi connectivity index (χ3n) is 3.81. The lowest BCUT2D eigenvalue weighted by molar-refractivity contribution is 0.0851. The first kappa shape index (κ1) is 14.9. The fraction of sp³-hybridized carbons (Fsp3) is 0.467. The minimum absolute atomic E-state index is 0.101. The molecule has 1 aromatic rings. The molecule has 0 saturated carbocycles. The number of rotatable bonds is 1. The van der Waals surface area contributed by atoms with E-state index >= 15 is 0 Å². The predicted molar refractivity (Wildman–Crippen MR) is 76.1 cm³/mol. The molecule has 0 amide bonds. The molecule has 1 aromatic carbocycles. The molecule has 1 aliphatic rings. The molecule has 1 heterocycles. The summed E-state index contributed by atoms with van der Waals surface area (Å²) in [5.74, 6) is -0.557. The first-order chi connectivity index (χ1) is 8.99. The van der Waals surface area contributed by atoms with Crippen molar-refractivity contribution in [3.05, 3.63) is 28.3 Å². The average molecular weight is 294 g/mol. The zero-order valence-corrected chi connectivity index (χ0v) is 13.1. The van der Waals surface area contributed by atoms with Gasteiger partial charge in [0.05, 0.1) is 10.6 Å². The van der Waals surface area contributed by atoms with Crippen molar-refractivity contribution in [2.75, 3.05) is 5.75 Å². The molecule has 0 aliphatic carbocycles. The van der Waals surface area contributed by atoms with Gasteiger partial charge in [0.1, 0.15) is 0 Å². The second kappa shape index (κ2) is 4.25. The van der Waals surface area contributed by atoms with E-state index in [-0.39, 0.29) is 27.8 Å². The lowest BCUT2D eigenvalue weighted by Crippen LogP contribution is -2.39. The Bertz CT molecular complexity index is 740. The van der Waals surface area contributed by atoms with Crippen LogP contribution in [0, 0.1) is 19.3 Å². The van der Waals surface area contributed by atoms with Gasteiger partial charge in [-0.25, -0.2) is 8.42 Å². The van der Waals surface area contributed by atoms with Gasteiger partial charge in [0.2, 0.25) is 0 Å². The molecule has 0 N–H and O–H groups in total. The Morgan fingerprint density at radius 2 is 1.80 bits per heavy atom. The fourth-order valence-corrected chi connectivity index (χ4v) is 5.22. The van der Waals surface area contributed by atoms with E-state index in [2.05, 4.69) is 0 Å². The van der Waals surface area contributed by atoms with Crippen molar-refractivity contribution in [1.29, 1.82) is 0 Å². The predicted octanol–water partition coefficient (Wildman–Crippen LogP) is 2.50. The number of carbonyl (C=O) groups is 2. The minimum atomic E-state index is -3.51. The molecule has 0 bridgehead atoms. The number of benzene rings is 1. The number of ketones is 2. The molecule has 0 aromatic heterocycles. The van der Waals surface area contributed by atoms with Crippen LogP contribution in [0.25, 0.3) is 0 Å². The Kier molecular flexibility index (Phi) is 3.17. The van der Waals surface area contributed by atoms with Crippen LogP contribution >= 0.6 is 0 Å². The molecule has 0 fully saturated rings. The quantitative estimate of drug-likeness (QED) is 0.746. The lowest BCUT2D eigenvalue weighted by atomic mass is 9.82. The Morgan fingerprint density at radius 3 is 2.30 bits per heavy atom. The third kappa shape index (κ3) is 2.00. The highest BCUT2D eigenvalue weighted by Gasteiger charge is 2.44. The number of fused-ring (bicyclic) bond motifs is 1. The monoisotopic (exact) mass is 294 g/mol. The number of carbonyl (C=O) groups excluding carboxylic acids is 2. The molecule has 108 valence electrons. The van der Waals surface area contributed by atoms with Gasteiger partial charge < -0.3 is 0 Å². The molecule has 0 unspecified atom stereocenters. The van der Waals surface area contributed by atoms with Crippen molar-refractivity contribution in [1.82, 2.24) is 0 Å². The molecule has 0 radical (unpaired) electrons. The largest absolute Gasteiger partial charge is 0.295 e. The maximum Gasteiger partial charge on any atom is 0.180 e. The van der Waals surface area contributed by atoms with Crippen LogP contribution in [-0.2, 0) is 9.84 Å². The standard InChI is InChI=1S/C15H18O4S/c1-8-6-11(10(3)16)9(2)12-13(8)20(18,19)7-15(4,5)14(12)17/h6H,7H2,1-5H3. The minimum Gasteiger partial charge on any atom is -0.295 e. The van der Waals surface area contributed by atoms with Gasteiger partial charge in [0, 0.05) is 16.5 Å². The van der Waals surface area contributed by atoms with Gasteiger partial charge in [-0.05, 0) is 38.0 Å². The normalized spacial score (nSPS) is 19.6. The van der Waals surface area contributed by atoms with Crippen molar-refractivity contribution < 1.29 is 18.0 Å². The van der Waals surface area contributed by atoms with E-state index < -0.39 is 15.3 Å². The van der Waals surface area contributed by atoms with E-state index in [1.165, 1.54) is 6.92 Å². The van der Waals surface area contributed by atoms with Crippen LogP contribution < -0.4 is 0 Å². The molecular formula is C15H18O4S. The van der Waals surface area contributed by atoms with E-state index in [1.807, 2.05) is 0 Å². The summed E-state index contributed by atoms with van der Waals surface area (Å²) in [6.07, 6.45) is 0. The molecular weight excluding hydrogens is 276 g/mol. The molecule has 5 heteroatoms. The van der Waals surface area contributed by atoms with Crippen LogP contribution in [0.15, 0.2) is 11.0 Å². The molecule has 0 saturated heterocycles. The summed E-state index contributed by atoms with van der Waals surface area (Å²) in [5, 5.41) is 0. The molecule has 0 atom stereocenters. The van der Waals surface area contributed by atoms with Gasteiger partial charge >= 0.3 is 0 Å². The van der Waals surface area contributed by atoms with Crippen molar-refractivity contribution in [3.63, 3.8) is 0 Å². The lowest BCUT2D eigenvalue weighted by Gasteiger charge is -2.31. The highest BCUT2D eigenvalue weighted by Crippen LogP contribution is 2.39. The van der Waals surface area contributed by atoms with Crippen molar-refractivity contribution in [2.45, 2.75) is 39.5 Å². The first-order valence-corrected chi connectivity index (χ1v) is 8.07. The summed E-state index contributed by atoms with van der Waals surface area (Å²) in [4.78, 5) is 24.4. The van der Waals surface area contributed by atoms with Crippen LogP contribution in [0.5, 0.6) is 0 Å². The van der Waals surface area contributed by atoms with E-state index in [9.17, 15) is 18.0 Å². The summed E-state index contributed by atoms with van der Waals surface area (Å²) in [6, 6.07) is 1.57. The number of hydrogen-bond acceptors (Lipinski definition) is 4. The second-order valence-electron chi connectivity index (χ2n) is 6.10. The summed E-state index contributed by atoms with van der Waals surface area (Å²) < 4.78 is 24.9. The van der Waals surface area contributed by atoms with Crippen LogP contribution in [-0.4, -0.2) is 25.7 Å². The summed E-state index contributed by atoms with van der Waals surface area (Å²) >= 11 is 0. The van der Waals surface area contributed by atoms with Gasteiger partial charge in [-0.2, -0.15) is 0 Å². The first-order valence-electron chi connectivity index (χ1n) is 6.42. The number of aryl methyl sites for hydroxylation is 1. The van der Waals surface area contributed by atoms with Crippen molar-refractivity contribution in [3.8, 4) is 0 Å². The third-order valence-corrected chi connectivity index (χ3v) is 6.06. The van der Waals surface area contributed by atoms with Crippen LogP contribution in [0.2, 0.25) is 0 Å².